The zero-order valence-corrected chi connectivity index (χ0v) is 19.3. The van der Waals surface area contributed by atoms with E-state index in [9.17, 15) is 4.79 Å². The Hall–Kier alpha value is -3.93. The lowest BCUT2D eigenvalue weighted by Gasteiger charge is -2.22. The number of amides is 1. The van der Waals surface area contributed by atoms with E-state index in [0.717, 1.165) is 16.9 Å². The summed E-state index contributed by atoms with van der Waals surface area (Å²) in [6.45, 7) is 6.90. The molecular weight excluding hydrogens is 414 g/mol. The van der Waals surface area contributed by atoms with Crippen LogP contribution in [-0.4, -0.2) is 23.2 Å². The summed E-state index contributed by atoms with van der Waals surface area (Å²) in [6.07, 6.45) is 1.67. The maximum Gasteiger partial charge on any atom is 0.281 e. The number of hydrogen-bond donors (Lipinski definition) is 0. The van der Waals surface area contributed by atoms with Crippen molar-refractivity contribution in [1.82, 2.24) is 10.1 Å². The molecule has 0 radical (unpaired) electrons. The zero-order valence-electron chi connectivity index (χ0n) is 19.3. The highest BCUT2D eigenvalue weighted by Gasteiger charge is 2.23. The quantitative estimate of drug-likeness (QED) is 0.373. The summed E-state index contributed by atoms with van der Waals surface area (Å²) >= 11 is 0. The Kier molecular flexibility index (Phi) is 6.27. The van der Waals surface area contributed by atoms with Crippen molar-refractivity contribution in [2.45, 2.75) is 32.7 Å². The first-order valence-corrected chi connectivity index (χ1v) is 10.8. The van der Waals surface area contributed by atoms with Crippen LogP contribution in [0.3, 0.4) is 0 Å². The third-order valence-corrected chi connectivity index (χ3v) is 5.44. The second kappa shape index (κ2) is 9.28. The topological polar surface area (TPSA) is 68.5 Å². The Bertz CT molecular complexity index is 1210. The molecule has 6 nitrogen and oxygen atoms in total. The van der Waals surface area contributed by atoms with Crippen LogP contribution in [0.5, 0.6) is 5.75 Å². The number of pyridine rings is 1. The molecule has 4 aromatic rings. The van der Waals surface area contributed by atoms with Crippen LogP contribution in [0.25, 0.3) is 11.3 Å². The number of benzene rings is 2. The van der Waals surface area contributed by atoms with Crippen LogP contribution in [-0.2, 0) is 12.0 Å². The average molecular weight is 442 g/mol. The summed E-state index contributed by atoms with van der Waals surface area (Å²) in [7, 11) is 1.61. The molecule has 0 fully saturated rings. The van der Waals surface area contributed by atoms with Crippen LogP contribution < -0.4 is 9.64 Å². The summed E-state index contributed by atoms with van der Waals surface area (Å²) in [6, 6.07) is 22.9. The summed E-state index contributed by atoms with van der Waals surface area (Å²) in [4.78, 5) is 19.5. The number of rotatable bonds is 6. The van der Waals surface area contributed by atoms with E-state index in [2.05, 4.69) is 55.2 Å². The highest BCUT2D eigenvalue weighted by molar-refractivity contribution is 6.04. The molecular formula is C27H27N3O3. The second-order valence-corrected chi connectivity index (χ2v) is 8.83. The minimum atomic E-state index is -0.280. The second-order valence-electron chi connectivity index (χ2n) is 8.83. The van der Waals surface area contributed by atoms with Gasteiger partial charge in [-0.2, -0.15) is 0 Å². The van der Waals surface area contributed by atoms with Crippen molar-refractivity contribution in [3.05, 3.63) is 95.8 Å². The fourth-order valence-electron chi connectivity index (χ4n) is 3.47. The third-order valence-electron chi connectivity index (χ3n) is 5.44. The van der Waals surface area contributed by atoms with E-state index in [1.807, 2.05) is 42.5 Å². The molecule has 0 spiro atoms. The third kappa shape index (κ3) is 5.12. The number of ether oxygens (including phenoxy) is 1. The van der Waals surface area contributed by atoms with Crippen LogP contribution in [0.1, 0.15) is 42.4 Å². The molecule has 0 saturated heterocycles. The predicted molar refractivity (Wildman–Crippen MR) is 128 cm³/mol. The van der Waals surface area contributed by atoms with Crippen molar-refractivity contribution in [2.75, 3.05) is 12.0 Å². The number of hydrogen-bond acceptors (Lipinski definition) is 5. The molecule has 2 aromatic carbocycles. The molecule has 0 bridgehead atoms. The first-order valence-electron chi connectivity index (χ1n) is 10.8. The predicted octanol–water partition coefficient (Wildman–Crippen LogP) is 5.89. The maximum atomic E-state index is 13.5. The van der Waals surface area contributed by atoms with E-state index >= 15 is 0 Å². The van der Waals surface area contributed by atoms with Crippen LogP contribution in [0, 0.1) is 0 Å². The van der Waals surface area contributed by atoms with Gasteiger partial charge in [0.05, 0.1) is 13.7 Å². The zero-order chi connectivity index (χ0) is 23.4. The Morgan fingerprint density at radius 3 is 2.33 bits per heavy atom. The largest absolute Gasteiger partial charge is 0.497 e. The van der Waals surface area contributed by atoms with Gasteiger partial charge in [-0.3, -0.25) is 9.69 Å². The first-order chi connectivity index (χ1) is 15.8. The van der Waals surface area contributed by atoms with Gasteiger partial charge in [0.1, 0.15) is 11.6 Å². The number of nitrogens with zero attached hydrogens (tertiary/aromatic N) is 3. The van der Waals surface area contributed by atoms with Gasteiger partial charge in [-0.05, 0) is 52.9 Å². The highest BCUT2D eigenvalue weighted by Crippen LogP contribution is 2.26. The minimum absolute atomic E-state index is 0.0631. The first kappa shape index (κ1) is 22.3. The van der Waals surface area contributed by atoms with Gasteiger partial charge in [-0.1, -0.05) is 56.3 Å². The molecule has 33 heavy (non-hydrogen) atoms. The fourth-order valence-corrected chi connectivity index (χ4v) is 3.47. The van der Waals surface area contributed by atoms with Gasteiger partial charge in [0.15, 0.2) is 11.5 Å². The van der Waals surface area contributed by atoms with Crippen LogP contribution in [0.2, 0.25) is 0 Å². The summed E-state index contributed by atoms with van der Waals surface area (Å²) in [5.74, 6) is 1.53. The summed E-state index contributed by atoms with van der Waals surface area (Å²) < 4.78 is 10.7. The van der Waals surface area contributed by atoms with Gasteiger partial charge >= 0.3 is 0 Å². The molecule has 0 saturated carbocycles. The standard InChI is InChI=1S/C27H27N3O3/c1-27(2,3)21-12-8-19(9-13-21)18-30(25-7-5-6-16-28-25)26(31)23-17-24(33-29-23)20-10-14-22(32-4)15-11-20/h5-17H,18H2,1-4H3. The molecule has 4 rings (SSSR count). The number of carbonyl (C=O) groups is 1. The number of aromatic nitrogens is 2. The van der Waals surface area contributed by atoms with E-state index in [4.69, 9.17) is 9.26 Å². The summed E-state index contributed by atoms with van der Waals surface area (Å²) in [5, 5.41) is 4.04. The van der Waals surface area contributed by atoms with Crippen molar-refractivity contribution >= 4 is 11.7 Å². The molecule has 6 heteroatoms. The Labute approximate surface area is 193 Å². The van der Waals surface area contributed by atoms with Crippen molar-refractivity contribution in [3.8, 4) is 17.1 Å². The molecule has 1 amide bonds. The van der Waals surface area contributed by atoms with Crippen molar-refractivity contribution in [1.29, 1.82) is 0 Å². The van der Waals surface area contributed by atoms with Gasteiger partial charge in [0.25, 0.3) is 5.91 Å². The van der Waals surface area contributed by atoms with Gasteiger partial charge in [0, 0.05) is 17.8 Å². The van der Waals surface area contributed by atoms with Gasteiger partial charge in [-0.25, -0.2) is 4.98 Å². The molecule has 168 valence electrons. The molecule has 0 N–H and O–H groups in total. The molecule has 0 atom stereocenters. The Balaban J connectivity index is 1.61. The number of methoxy groups -OCH3 is 1. The molecule has 0 aliphatic rings. The van der Waals surface area contributed by atoms with Crippen LogP contribution in [0.4, 0.5) is 5.82 Å². The lowest BCUT2D eigenvalue weighted by molar-refractivity contribution is 0.0975. The highest BCUT2D eigenvalue weighted by atomic mass is 16.5. The van der Waals surface area contributed by atoms with Crippen molar-refractivity contribution < 1.29 is 14.1 Å². The van der Waals surface area contributed by atoms with Crippen LogP contribution >= 0.6 is 0 Å². The molecule has 2 heterocycles. The fraction of sp³-hybridized carbons (Fsp3) is 0.222. The van der Waals surface area contributed by atoms with E-state index in [1.54, 1.807) is 24.3 Å². The monoisotopic (exact) mass is 441 g/mol. The SMILES string of the molecule is COc1ccc(-c2cc(C(=O)N(Cc3ccc(C(C)(C)C)cc3)c3ccccn3)no2)cc1. The van der Waals surface area contributed by atoms with Gasteiger partial charge in [-0.15, -0.1) is 0 Å². The average Bonchev–Trinajstić information content (AvgIpc) is 3.33. The number of carbonyl (C=O) groups excluding carboxylic acids is 1. The maximum absolute atomic E-state index is 13.5. The van der Waals surface area contributed by atoms with E-state index < -0.39 is 0 Å². The Morgan fingerprint density at radius 2 is 1.73 bits per heavy atom. The van der Waals surface area contributed by atoms with Crippen LogP contribution in [0.15, 0.2) is 83.5 Å². The van der Waals surface area contributed by atoms with Gasteiger partial charge < -0.3 is 9.26 Å². The molecule has 0 unspecified atom stereocenters. The molecule has 0 aliphatic heterocycles. The minimum Gasteiger partial charge on any atom is -0.497 e. The van der Waals surface area contributed by atoms with E-state index in [0.29, 0.717) is 18.1 Å². The smallest absolute Gasteiger partial charge is 0.281 e. The summed E-state index contributed by atoms with van der Waals surface area (Å²) in [5.41, 5.74) is 3.33. The molecule has 2 aromatic heterocycles. The van der Waals surface area contributed by atoms with Crippen molar-refractivity contribution in [3.63, 3.8) is 0 Å². The Morgan fingerprint density at radius 1 is 1.00 bits per heavy atom. The normalized spacial score (nSPS) is 11.3. The molecule has 0 aliphatic carbocycles. The number of anilines is 1. The van der Waals surface area contributed by atoms with Gasteiger partial charge in [0.2, 0.25) is 0 Å². The van der Waals surface area contributed by atoms with Crippen molar-refractivity contribution in [2.24, 2.45) is 0 Å². The van der Waals surface area contributed by atoms with E-state index in [1.165, 1.54) is 5.56 Å². The lowest BCUT2D eigenvalue weighted by atomic mass is 9.87. The van der Waals surface area contributed by atoms with E-state index in [-0.39, 0.29) is 17.0 Å². The lowest BCUT2D eigenvalue weighted by Crippen LogP contribution is -2.31.